The van der Waals surface area contributed by atoms with Crippen molar-refractivity contribution in [1.82, 2.24) is 10.2 Å². The summed E-state index contributed by atoms with van der Waals surface area (Å²) >= 11 is 0. The van der Waals surface area contributed by atoms with E-state index in [0.29, 0.717) is 18.2 Å². The summed E-state index contributed by atoms with van der Waals surface area (Å²) in [7, 11) is 2.24. The Morgan fingerprint density at radius 1 is 1.35 bits per heavy atom. The van der Waals surface area contributed by atoms with Crippen molar-refractivity contribution in [2.75, 3.05) is 26.7 Å². The predicted molar refractivity (Wildman–Crippen MR) is 83.9 cm³/mol. The number of rotatable bonds is 7. The summed E-state index contributed by atoms with van der Waals surface area (Å²) in [5.41, 5.74) is 1.39. The molecule has 0 aliphatic carbocycles. The van der Waals surface area contributed by atoms with Crippen molar-refractivity contribution >= 4 is 0 Å². The number of likely N-dealkylation sites (N-methyl/N-ethyl adjacent to an activating group) is 1. The molecule has 1 aliphatic rings. The van der Waals surface area contributed by atoms with Gasteiger partial charge >= 0.3 is 0 Å². The van der Waals surface area contributed by atoms with E-state index in [1.807, 2.05) is 0 Å². The zero-order valence-corrected chi connectivity index (χ0v) is 13.0. The van der Waals surface area contributed by atoms with Crippen molar-refractivity contribution in [2.24, 2.45) is 0 Å². The van der Waals surface area contributed by atoms with Crippen molar-refractivity contribution in [3.63, 3.8) is 0 Å². The van der Waals surface area contributed by atoms with Gasteiger partial charge in [-0.2, -0.15) is 0 Å². The second-order valence-corrected chi connectivity index (χ2v) is 5.73. The minimum atomic E-state index is 0.331. The van der Waals surface area contributed by atoms with E-state index >= 15 is 0 Å². The van der Waals surface area contributed by atoms with Gasteiger partial charge in [0.15, 0.2) is 0 Å². The van der Waals surface area contributed by atoms with Gasteiger partial charge in [-0.15, -0.1) is 0 Å². The Kier molecular flexibility index (Phi) is 6.02. The lowest BCUT2D eigenvalue weighted by Crippen LogP contribution is -2.43. The summed E-state index contributed by atoms with van der Waals surface area (Å²) in [4.78, 5) is 2.50. The molecular formula is C17H28N2O. The Labute approximate surface area is 123 Å². The maximum absolute atomic E-state index is 5.74. The number of hydrogen-bond acceptors (Lipinski definition) is 3. The van der Waals surface area contributed by atoms with Crippen LogP contribution in [0.3, 0.4) is 0 Å². The summed E-state index contributed by atoms with van der Waals surface area (Å²) in [6.07, 6.45) is 2.64. The van der Waals surface area contributed by atoms with Gasteiger partial charge in [0, 0.05) is 25.2 Å². The van der Waals surface area contributed by atoms with Crippen molar-refractivity contribution in [2.45, 2.75) is 44.9 Å². The molecule has 3 atom stereocenters. The van der Waals surface area contributed by atoms with Crippen LogP contribution in [0, 0.1) is 0 Å². The van der Waals surface area contributed by atoms with Gasteiger partial charge in [0.25, 0.3) is 0 Å². The molecule has 0 spiro atoms. The Hall–Kier alpha value is -0.900. The summed E-state index contributed by atoms with van der Waals surface area (Å²) in [6.45, 7) is 7.36. The van der Waals surface area contributed by atoms with Gasteiger partial charge in [0.2, 0.25) is 0 Å². The van der Waals surface area contributed by atoms with E-state index in [4.69, 9.17) is 4.74 Å². The van der Waals surface area contributed by atoms with Crippen LogP contribution in [0.4, 0.5) is 0 Å². The Morgan fingerprint density at radius 2 is 2.10 bits per heavy atom. The van der Waals surface area contributed by atoms with E-state index in [1.54, 1.807) is 0 Å². The highest BCUT2D eigenvalue weighted by molar-refractivity contribution is 5.19. The standard InChI is InChI=1S/C17H28N2O/c1-4-11-18-13-17(15-8-6-5-7-9-15)19(3)16-10-12-20-14(16)2/h5-9,14,16-18H,4,10-13H2,1-3H3. The van der Waals surface area contributed by atoms with Crippen LogP contribution in [0.25, 0.3) is 0 Å². The van der Waals surface area contributed by atoms with Gasteiger partial charge in [-0.1, -0.05) is 37.3 Å². The largest absolute Gasteiger partial charge is 0.377 e. The average Bonchev–Trinajstić information content (AvgIpc) is 2.90. The molecule has 0 amide bonds. The molecule has 1 aromatic rings. The number of benzene rings is 1. The van der Waals surface area contributed by atoms with Gasteiger partial charge in [-0.05, 0) is 38.9 Å². The molecule has 3 nitrogen and oxygen atoms in total. The van der Waals surface area contributed by atoms with E-state index in [-0.39, 0.29) is 0 Å². The molecule has 3 unspecified atom stereocenters. The van der Waals surface area contributed by atoms with Crippen LogP contribution in [-0.2, 0) is 4.74 Å². The van der Waals surface area contributed by atoms with Gasteiger partial charge in [0.05, 0.1) is 6.10 Å². The van der Waals surface area contributed by atoms with E-state index in [2.05, 4.69) is 61.4 Å². The van der Waals surface area contributed by atoms with Gasteiger partial charge in [-0.3, -0.25) is 4.90 Å². The predicted octanol–water partition coefficient (Wildman–Crippen LogP) is 2.84. The number of nitrogens with zero attached hydrogens (tertiary/aromatic N) is 1. The van der Waals surface area contributed by atoms with Crippen LogP contribution in [0.1, 0.15) is 38.3 Å². The van der Waals surface area contributed by atoms with E-state index in [0.717, 1.165) is 26.1 Å². The molecule has 2 rings (SSSR count). The van der Waals surface area contributed by atoms with Crippen LogP contribution >= 0.6 is 0 Å². The normalized spacial score (nSPS) is 24.2. The lowest BCUT2D eigenvalue weighted by molar-refractivity contribution is 0.0669. The first kappa shape index (κ1) is 15.5. The highest BCUT2D eigenvalue weighted by atomic mass is 16.5. The minimum absolute atomic E-state index is 0.331. The molecule has 112 valence electrons. The maximum Gasteiger partial charge on any atom is 0.0703 e. The molecule has 0 aromatic heterocycles. The quantitative estimate of drug-likeness (QED) is 0.775. The fraction of sp³-hybridized carbons (Fsp3) is 0.647. The topological polar surface area (TPSA) is 24.5 Å². The molecule has 1 fully saturated rings. The monoisotopic (exact) mass is 276 g/mol. The van der Waals surface area contributed by atoms with Crippen LogP contribution in [-0.4, -0.2) is 43.8 Å². The first-order valence-electron chi connectivity index (χ1n) is 7.83. The van der Waals surface area contributed by atoms with Crippen LogP contribution in [0.5, 0.6) is 0 Å². The molecule has 1 saturated heterocycles. The van der Waals surface area contributed by atoms with Crippen LogP contribution in [0.15, 0.2) is 30.3 Å². The smallest absolute Gasteiger partial charge is 0.0703 e. The Bertz CT molecular complexity index is 382. The third kappa shape index (κ3) is 3.81. The second-order valence-electron chi connectivity index (χ2n) is 5.73. The summed E-state index contributed by atoms with van der Waals surface area (Å²) in [6, 6.07) is 11.7. The van der Waals surface area contributed by atoms with Crippen molar-refractivity contribution in [1.29, 1.82) is 0 Å². The fourth-order valence-electron chi connectivity index (χ4n) is 3.07. The maximum atomic E-state index is 5.74. The van der Waals surface area contributed by atoms with E-state index in [1.165, 1.54) is 12.0 Å². The highest BCUT2D eigenvalue weighted by Crippen LogP contribution is 2.27. The van der Waals surface area contributed by atoms with Crippen LogP contribution in [0.2, 0.25) is 0 Å². The lowest BCUT2D eigenvalue weighted by Gasteiger charge is -2.35. The Balaban J connectivity index is 2.08. The summed E-state index contributed by atoms with van der Waals surface area (Å²) < 4.78 is 5.74. The average molecular weight is 276 g/mol. The zero-order valence-electron chi connectivity index (χ0n) is 13.0. The lowest BCUT2D eigenvalue weighted by atomic mass is 10.0. The van der Waals surface area contributed by atoms with Gasteiger partial charge < -0.3 is 10.1 Å². The van der Waals surface area contributed by atoms with E-state index in [9.17, 15) is 0 Å². The molecule has 20 heavy (non-hydrogen) atoms. The van der Waals surface area contributed by atoms with Gasteiger partial charge in [-0.25, -0.2) is 0 Å². The zero-order chi connectivity index (χ0) is 14.4. The third-order valence-corrected chi connectivity index (χ3v) is 4.30. The molecule has 1 aromatic carbocycles. The van der Waals surface area contributed by atoms with Gasteiger partial charge in [0.1, 0.15) is 0 Å². The molecule has 1 N–H and O–H groups in total. The molecular weight excluding hydrogens is 248 g/mol. The Morgan fingerprint density at radius 3 is 2.70 bits per heavy atom. The molecule has 1 aliphatic heterocycles. The molecule has 0 bridgehead atoms. The minimum Gasteiger partial charge on any atom is -0.377 e. The SMILES string of the molecule is CCCNCC(c1ccccc1)N(C)C1CCOC1C. The number of ether oxygens (including phenoxy) is 1. The molecule has 3 heteroatoms. The fourth-order valence-corrected chi connectivity index (χ4v) is 3.07. The highest BCUT2D eigenvalue weighted by Gasteiger charge is 2.32. The third-order valence-electron chi connectivity index (χ3n) is 4.30. The number of hydrogen-bond donors (Lipinski definition) is 1. The summed E-state index contributed by atoms with van der Waals surface area (Å²) in [5, 5.41) is 3.57. The summed E-state index contributed by atoms with van der Waals surface area (Å²) in [5.74, 6) is 0. The molecule has 0 radical (unpaired) electrons. The van der Waals surface area contributed by atoms with Crippen molar-refractivity contribution in [3.05, 3.63) is 35.9 Å². The molecule has 1 heterocycles. The van der Waals surface area contributed by atoms with Crippen molar-refractivity contribution < 1.29 is 4.74 Å². The number of nitrogens with one attached hydrogen (secondary N) is 1. The first-order chi connectivity index (χ1) is 9.74. The second kappa shape index (κ2) is 7.77. The van der Waals surface area contributed by atoms with E-state index < -0.39 is 0 Å². The van der Waals surface area contributed by atoms with Crippen LogP contribution < -0.4 is 5.32 Å². The van der Waals surface area contributed by atoms with Crippen molar-refractivity contribution in [3.8, 4) is 0 Å². The molecule has 0 saturated carbocycles. The first-order valence-corrected chi connectivity index (χ1v) is 7.83.